The monoisotopic (exact) mass is 524 g/mol. The predicted molar refractivity (Wildman–Crippen MR) is 134 cm³/mol. The fraction of sp³-hybridized carbons (Fsp3) is 0.259. The second kappa shape index (κ2) is 10.3. The molecule has 0 saturated carbocycles. The highest BCUT2D eigenvalue weighted by atomic mass is 31.1. The van der Waals surface area contributed by atoms with E-state index in [0.717, 1.165) is 6.92 Å². The topological polar surface area (TPSA) is 115 Å². The summed E-state index contributed by atoms with van der Waals surface area (Å²) in [4.78, 5) is 27.9. The Labute approximate surface area is 213 Å². The number of carbonyl (C=O) groups excluding carboxylic acids is 1. The molecule has 3 atom stereocenters. The highest BCUT2D eigenvalue weighted by molar-refractivity contribution is 7.42. The van der Waals surface area contributed by atoms with Crippen molar-refractivity contribution in [2.24, 2.45) is 0 Å². The fourth-order valence-electron chi connectivity index (χ4n) is 3.91. The van der Waals surface area contributed by atoms with Crippen LogP contribution in [-0.2, 0) is 9.36 Å². The van der Waals surface area contributed by atoms with Crippen molar-refractivity contribution in [3.63, 3.8) is 0 Å². The smallest absolute Gasteiger partial charge is 0.454 e. The zero-order valence-corrected chi connectivity index (χ0v) is 21.2. The van der Waals surface area contributed by atoms with Crippen LogP contribution in [0.4, 0.5) is 4.39 Å². The van der Waals surface area contributed by atoms with Crippen LogP contribution in [0.2, 0.25) is 0 Å². The Bertz CT molecular complexity index is 1420. The van der Waals surface area contributed by atoms with Crippen LogP contribution in [0.3, 0.4) is 0 Å². The Morgan fingerprint density at radius 3 is 2.38 bits per heavy atom. The Morgan fingerprint density at radius 1 is 1.14 bits per heavy atom. The Balaban J connectivity index is 1.93. The van der Waals surface area contributed by atoms with Gasteiger partial charge in [-0.05, 0) is 65.3 Å². The molecule has 0 amide bonds. The first-order chi connectivity index (χ1) is 17.6. The summed E-state index contributed by atoms with van der Waals surface area (Å²) in [6.07, 6.45) is 3.75. The van der Waals surface area contributed by atoms with E-state index in [2.05, 4.69) is 0 Å². The molecule has 1 aromatic heterocycles. The van der Waals surface area contributed by atoms with Crippen LogP contribution < -0.4 is 14.2 Å². The van der Waals surface area contributed by atoms with E-state index < -0.39 is 31.1 Å². The van der Waals surface area contributed by atoms with Gasteiger partial charge in [-0.2, -0.15) is 4.89 Å². The van der Waals surface area contributed by atoms with Gasteiger partial charge in [-0.3, -0.25) is 0 Å². The molecule has 2 N–H and O–H groups in total. The van der Waals surface area contributed by atoms with Crippen LogP contribution in [0.25, 0.3) is 22.4 Å². The number of benzene rings is 2. The molecule has 0 radical (unpaired) electrons. The van der Waals surface area contributed by atoms with Gasteiger partial charge in [0.2, 0.25) is 6.79 Å². The van der Waals surface area contributed by atoms with E-state index >= 15 is 0 Å². The number of pyridine rings is 1. The third kappa shape index (κ3) is 4.79. The Kier molecular flexibility index (Phi) is 7.28. The Morgan fingerprint density at radius 2 is 1.78 bits per heavy atom. The summed E-state index contributed by atoms with van der Waals surface area (Å²) in [5, 5.41) is 7.68. The molecule has 4 rings (SSSR count). The van der Waals surface area contributed by atoms with Gasteiger partial charge in [-0.15, -0.1) is 6.42 Å². The molecule has 3 aromatic rings. The number of rotatable bonds is 7. The molecule has 1 aliphatic heterocycles. The first kappa shape index (κ1) is 26.2. The molecule has 2 aromatic carbocycles. The zero-order chi connectivity index (χ0) is 26.9. The summed E-state index contributed by atoms with van der Waals surface area (Å²) >= 11 is 0. The number of carbonyl (C=O) groups is 1. The summed E-state index contributed by atoms with van der Waals surface area (Å²) in [6, 6.07) is 12.5. The lowest BCUT2D eigenvalue weighted by atomic mass is 9.97. The number of halogens is 1. The second-order valence-corrected chi connectivity index (χ2v) is 10.00. The summed E-state index contributed by atoms with van der Waals surface area (Å²) in [5.74, 6) is 1.05. The number of aliphatic hydroxyl groups is 1. The summed E-state index contributed by atoms with van der Waals surface area (Å²) in [7, 11) is -3.37. The van der Waals surface area contributed by atoms with E-state index in [9.17, 15) is 23.7 Å². The molecule has 37 heavy (non-hydrogen) atoms. The second-order valence-electron chi connectivity index (χ2n) is 8.75. The first-order valence-electron chi connectivity index (χ1n) is 11.3. The largest absolute Gasteiger partial charge is 0.540 e. The summed E-state index contributed by atoms with van der Waals surface area (Å²) in [5.41, 5.74) is 2.39. The van der Waals surface area contributed by atoms with Gasteiger partial charge in [0.1, 0.15) is 11.9 Å². The maximum atomic E-state index is 13.7. The molecule has 3 unspecified atom stereocenters. The maximum Gasteiger partial charge on any atom is 0.540 e. The highest BCUT2D eigenvalue weighted by Gasteiger charge is 2.62. The molecule has 0 bridgehead atoms. The summed E-state index contributed by atoms with van der Waals surface area (Å²) in [6.45, 7) is 4.89. The van der Waals surface area contributed by atoms with Crippen molar-refractivity contribution in [2.75, 3.05) is 6.79 Å². The lowest BCUT2D eigenvalue weighted by Gasteiger charge is -2.22. The predicted octanol–water partition coefficient (Wildman–Crippen LogP) is 4.80. The lowest BCUT2D eigenvalue weighted by Crippen LogP contribution is -2.46. The first-order valence-corrected chi connectivity index (χ1v) is 12.5. The number of ether oxygens (including phenoxy) is 3. The van der Waals surface area contributed by atoms with E-state index in [4.69, 9.17) is 25.6 Å². The van der Waals surface area contributed by atoms with Crippen LogP contribution in [0.1, 0.15) is 32.4 Å². The maximum absolute atomic E-state index is 13.7. The molecule has 2 heterocycles. The molecular weight excluding hydrogens is 500 g/mol. The van der Waals surface area contributed by atoms with E-state index in [1.165, 1.54) is 24.3 Å². The molecule has 0 aliphatic carbocycles. The number of fused-ring (bicyclic) bond motifs is 1. The van der Waals surface area contributed by atoms with Gasteiger partial charge < -0.3 is 19.3 Å². The number of nitrogens with zero attached hydrogens (tertiary/aromatic N) is 1. The number of aromatic nitrogens is 1. The third-order valence-electron chi connectivity index (χ3n) is 6.00. The number of aliphatic hydroxyl groups excluding tert-OH is 1. The van der Waals surface area contributed by atoms with Gasteiger partial charge in [0, 0.05) is 11.1 Å². The van der Waals surface area contributed by atoms with Gasteiger partial charge in [0.15, 0.2) is 17.2 Å². The van der Waals surface area contributed by atoms with Crippen LogP contribution in [0, 0.1) is 18.2 Å². The molecule has 190 valence electrons. The molecule has 8 nitrogen and oxygen atoms in total. The SMILES string of the molecule is C#CC(C(=O)Oc1c(-c2ccc(F)cc2)cc(-c2ccc3c(c2)OCO3)nc1C(C)C)(C(C)O)[P+](=O)O. The zero-order valence-electron chi connectivity index (χ0n) is 20.3. The van der Waals surface area contributed by atoms with Gasteiger partial charge in [-0.1, -0.05) is 26.0 Å². The van der Waals surface area contributed by atoms with Crippen molar-refractivity contribution < 1.29 is 38.0 Å². The number of hydrogen-bond acceptors (Lipinski definition) is 7. The molecule has 0 saturated heterocycles. The van der Waals surface area contributed by atoms with E-state index in [1.807, 2.05) is 19.8 Å². The molecule has 0 fully saturated rings. The average Bonchev–Trinajstić information content (AvgIpc) is 3.33. The minimum Gasteiger partial charge on any atom is -0.454 e. The Hall–Kier alpha value is -3.83. The molecule has 0 spiro atoms. The van der Waals surface area contributed by atoms with Crippen LogP contribution in [0.15, 0.2) is 48.5 Å². The van der Waals surface area contributed by atoms with E-state index in [0.29, 0.717) is 39.6 Å². The lowest BCUT2D eigenvalue weighted by molar-refractivity contribution is -0.138. The quantitative estimate of drug-likeness (QED) is 0.257. The fourth-order valence-corrected chi connectivity index (χ4v) is 4.54. The van der Waals surface area contributed by atoms with Crippen molar-refractivity contribution in [3.05, 3.63) is 60.0 Å². The van der Waals surface area contributed by atoms with E-state index in [1.54, 1.807) is 24.3 Å². The van der Waals surface area contributed by atoms with Gasteiger partial charge in [0.05, 0.1) is 11.4 Å². The number of terminal acetylenes is 1. The number of esters is 1. The standard InChI is InChI=1S/C27H23FNO7P/c1-5-27(16(4)30,37(32)33)26(31)36-25-20(17-6-9-19(28)10-7-17)13-21(29-24(25)15(2)3)18-8-11-22-23(12-18)35-14-34-22/h1,6-13,15-16,30H,14H2,2-4H3/p+1. The van der Waals surface area contributed by atoms with Gasteiger partial charge in [-0.25, -0.2) is 14.2 Å². The third-order valence-corrected chi connectivity index (χ3v) is 7.29. The van der Waals surface area contributed by atoms with E-state index in [-0.39, 0.29) is 18.5 Å². The van der Waals surface area contributed by atoms with Crippen LogP contribution >= 0.6 is 8.03 Å². The van der Waals surface area contributed by atoms with Crippen molar-refractivity contribution in [1.29, 1.82) is 0 Å². The molecular formula is C27H24FNO7P+. The van der Waals surface area contributed by atoms with Gasteiger partial charge in [0.25, 0.3) is 0 Å². The number of hydrogen-bond donors (Lipinski definition) is 2. The van der Waals surface area contributed by atoms with Crippen molar-refractivity contribution in [1.82, 2.24) is 4.98 Å². The minimum absolute atomic E-state index is 0.0202. The van der Waals surface area contributed by atoms with Crippen LogP contribution in [-0.4, -0.2) is 39.0 Å². The van der Waals surface area contributed by atoms with Crippen molar-refractivity contribution in [2.45, 2.75) is 37.9 Å². The van der Waals surface area contributed by atoms with Crippen molar-refractivity contribution in [3.8, 4) is 52.0 Å². The van der Waals surface area contributed by atoms with Crippen molar-refractivity contribution >= 4 is 14.0 Å². The molecule has 1 aliphatic rings. The average molecular weight is 524 g/mol. The van der Waals surface area contributed by atoms with Crippen LogP contribution in [0.5, 0.6) is 17.2 Å². The summed E-state index contributed by atoms with van der Waals surface area (Å²) < 4.78 is 42.4. The van der Waals surface area contributed by atoms with Gasteiger partial charge >= 0.3 is 19.2 Å². The molecule has 10 heteroatoms. The highest BCUT2D eigenvalue weighted by Crippen LogP contribution is 2.44. The normalized spacial score (nSPS) is 15.0. The minimum atomic E-state index is -3.37.